The van der Waals surface area contributed by atoms with Crippen LogP contribution >= 0.6 is 0 Å². The van der Waals surface area contributed by atoms with Gasteiger partial charge in [0, 0.05) is 5.92 Å². The molecule has 134 valence electrons. The maximum Gasteiger partial charge on any atom is 0.0285 e. The Morgan fingerprint density at radius 1 is 0.483 bits per heavy atom. The Morgan fingerprint density at radius 2 is 1.14 bits per heavy atom. The van der Waals surface area contributed by atoms with Crippen molar-refractivity contribution in [3.63, 3.8) is 0 Å². The zero-order valence-corrected chi connectivity index (χ0v) is 15.9. The standard InChI is InChI=1S/C29H18/c1-5-18-8-3-11-24-23(16-15-19(6-1)27(18)24)26-17-22-10-2-7-20-13-14-21-9-4-12-25(26)29(21)28(20)22/h1-17,23H. The fourth-order valence-electron chi connectivity index (χ4n) is 5.42. The molecule has 0 aromatic heterocycles. The summed E-state index contributed by atoms with van der Waals surface area (Å²) in [6.45, 7) is 0. The lowest BCUT2D eigenvalue weighted by molar-refractivity contribution is 1.06. The number of hydrogen-bond donors (Lipinski definition) is 0. The van der Waals surface area contributed by atoms with Crippen molar-refractivity contribution in [2.24, 2.45) is 0 Å². The van der Waals surface area contributed by atoms with Gasteiger partial charge in [-0.25, -0.2) is 0 Å². The first-order valence-electron chi connectivity index (χ1n) is 10.2. The number of rotatable bonds is 1. The monoisotopic (exact) mass is 366 g/mol. The summed E-state index contributed by atoms with van der Waals surface area (Å²) in [7, 11) is 0. The van der Waals surface area contributed by atoms with E-state index in [0.717, 1.165) is 0 Å². The second-order valence-corrected chi connectivity index (χ2v) is 8.14. The normalized spacial score (nSPS) is 15.8. The predicted octanol–water partition coefficient (Wildman–Crippen LogP) is 7.90. The summed E-state index contributed by atoms with van der Waals surface area (Å²) in [5.74, 6) is 0.266. The summed E-state index contributed by atoms with van der Waals surface area (Å²) in [6.07, 6.45) is 4.69. The minimum absolute atomic E-state index is 0.266. The van der Waals surface area contributed by atoms with E-state index >= 15 is 0 Å². The van der Waals surface area contributed by atoms with E-state index in [4.69, 9.17) is 0 Å². The molecule has 6 aromatic rings. The third-order valence-electron chi connectivity index (χ3n) is 6.65. The Labute approximate surface area is 169 Å². The van der Waals surface area contributed by atoms with Crippen LogP contribution in [0.5, 0.6) is 0 Å². The summed E-state index contributed by atoms with van der Waals surface area (Å²) in [5.41, 5.74) is 4.14. The van der Waals surface area contributed by atoms with Gasteiger partial charge in [0.25, 0.3) is 0 Å². The van der Waals surface area contributed by atoms with Gasteiger partial charge in [-0.3, -0.25) is 0 Å². The number of benzene rings is 6. The second kappa shape index (κ2) is 5.46. The quantitative estimate of drug-likeness (QED) is 0.259. The van der Waals surface area contributed by atoms with E-state index in [9.17, 15) is 0 Å². The smallest absolute Gasteiger partial charge is 0.0285 e. The van der Waals surface area contributed by atoms with Gasteiger partial charge in [-0.15, -0.1) is 0 Å². The Bertz CT molecular complexity index is 1590. The highest BCUT2D eigenvalue weighted by Crippen LogP contribution is 2.44. The molecule has 1 unspecified atom stereocenters. The first-order valence-corrected chi connectivity index (χ1v) is 10.2. The molecule has 6 aromatic carbocycles. The summed E-state index contributed by atoms with van der Waals surface area (Å²) in [5, 5.41) is 10.9. The van der Waals surface area contributed by atoms with Gasteiger partial charge in [-0.1, -0.05) is 97.1 Å². The Kier molecular flexibility index (Phi) is 2.88. The van der Waals surface area contributed by atoms with E-state index in [2.05, 4.69) is 103 Å². The summed E-state index contributed by atoms with van der Waals surface area (Å²) < 4.78 is 0. The summed E-state index contributed by atoms with van der Waals surface area (Å²) in [4.78, 5) is 0. The first-order chi connectivity index (χ1) is 14.4. The molecule has 0 saturated heterocycles. The van der Waals surface area contributed by atoms with Crippen molar-refractivity contribution >= 4 is 49.2 Å². The third-order valence-corrected chi connectivity index (χ3v) is 6.65. The molecule has 29 heavy (non-hydrogen) atoms. The van der Waals surface area contributed by atoms with E-state index < -0.39 is 0 Å². The molecule has 7 rings (SSSR count). The third kappa shape index (κ3) is 1.98. The van der Waals surface area contributed by atoms with Crippen LogP contribution in [0.15, 0.2) is 97.1 Å². The molecule has 0 heterocycles. The average molecular weight is 366 g/mol. The van der Waals surface area contributed by atoms with Gasteiger partial charge in [-0.2, -0.15) is 0 Å². The molecule has 1 atom stereocenters. The van der Waals surface area contributed by atoms with Crippen molar-refractivity contribution in [3.8, 4) is 0 Å². The Hall–Kier alpha value is -3.64. The average Bonchev–Trinajstić information content (AvgIpc) is 2.78. The minimum atomic E-state index is 0.266. The second-order valence-electron chi connectivity index (χ2n) is 8.14. The van der Waals surface area contributed by atoms with Gasteiger partial charge in [0.05, 0.1) is 0 Å². The minimum Gasteiger partial charge on any atom is -0.0720 e. The van der Waals surface area contributed by atoms with Crippen molar-refractivity contribution < 1.29 is 0 Å². The largest absolute Gasteiger partial charge is 0.0720 e. The molecule has 0 radical (unpaired) electrons. The molecule has 0 N–H and O–H groups in total. The van der Waals surface area contributed by atoms with Crippen LogP contribution in [0.2, 0.25) is 0 Å². The molecule has 0 heteroatoms. The molecule has 0 aliphatic heterocycles. The van der Waals surface area contributed by atoms with E-state index in [0.29, 0.717) is 0 Å². The van der Waals surface area contributed by atoms with Crippen molar-refractivity contribution in [2.45, 2.75) is 5.92 Å². The molecular weight excluding hydrogens is 348 g/mol. The van der Waals surface area contributed by atoms with Crippen molar-refractivity contribution in [3.05, 3.63) is 114 Å². The fourth-order valence-corrected chi connectivity index (χ4v) is 5.42. The lowest BCUT2D eigenvalue weighted by Gasteiger charge is -2.24. The van der Waals surface area contributed by atoms with Crippen molar-refractivity contribution in [1.82, 2.24) is 0 Å². The van der Waals surface area contributed by atoms with Crippen LogP contribution in [0.4, 0.5) is 0 Å². The highest BCUT2D eigenvalue weighted by Gasteiger charge is 2.22. The van der Waals surface area contributed by atoms with E-state index in [1.165, 1.54) is 59.8 Å². The van der Waals surface area contributed by atoms with Crippen LogP contribution in [-0.4, -0.2) is 0 Å². The lowest BCUT2D eigenvalue weighted by Crippen LogP contribution is -2.04. The molecule has 0 bridgehead atoms. The molecule has 0 nitrogen and oxygen atoms in total. The van der Waals surface area contributed by atoms with E-state index in [-0.39, 0.29) is 5.92 Å². The number of hydrogen-bond acceptors (Lipinski definition) is 0. The van der Waals surface area contributed by atoms with Gasteiger partial charge >= 0.3 is 0 Å². The lowest BCUT2D eigenvalue weighted by atomic mass is 9.79. The molecule has 1 aliphatic rings. The molecule has 0 amide bonds. The van der Waals surface area contributed by atoms with E-state index in [1.54, 1.807) is 0 Å². The van der Waals surface area contributed by atoms with Crippen LogP contribution in [0.3, 0.4) is 0 Å². The topological polar surface area (TPSA) is 0 Å². The SMILES string of the molecule is C1=CC(c2cc3cccc4ccc5cccc2c5c43)c2cccc3cccc1c23. The van der Waals surface area contributed by atoms with Crippen LogP contribution in [0.25, 0.3) is 49.2 Å². The van der Waals surface area contributed by atoms with Gasteiger partial charge in [0.15, 0.2) is 0 Å². The molecule has 0 spiro atoms. The highest BCUT2D eigenvalue weighted by molar-refractivity contribution is 6.24. The predicted molar refractivity (Wildman–Crippen MR) is 125 cm³/mol. The molecule has 1 aliphatic carbocycles. The maximum atomic E-state index is 2.42. The molecular formula is C29H18. The highest BCUT2D eigenvalue weighted by atomic mass is 14.3. The van der Waals surface area contributed by atoms with Gasteiger partial charge in [0.2, 0.25) is 0 Å². The summed E-state index contributed by atoms with van der Waals surface area (Å²) >= 11 is 0. The zero-order valence-electron chi connectivity index (χ0n) is 15.9. The van der Waals surface area contributed by atoms with Crippen LogP contribution < -0.4 is 0 Å². The summed E-state index contributed by atoms with van der Waals surface area (Å²) in [6, 6.07) is 33.7. The van der Waals surface area contributed by atoms with Gasteiger partial charge in [0.1, 0.15) is 0 Å². The fraction of sp³-hybridized carbons (Fsp3) is 0.0345. The van der Waals surface area contributed by atoms with Crippen LogP contribution in [-0.2, 0) is 0 Å². The first kappa shape index (κ1) is 15.3. The van der Waals surface area contributed by atoms with Crippen molar-refractivity contribution in [1.29, 1.82) is 0 Å². The Balaban J connectivity index is 1.63. The van der Waals surface area contributed by atoms with Crippen LogP contribution in [0, 0.1) is 0 Å². The number of allylic oxidation sites excluding steroid dienone is 1. The molecule has 0 fully saturated rings. The van der Waals surface area contributed by atoms with Gasteiger partial charge in [-0.05, 0) is 65.8 Å². The van der Waals surface area contributed by atoms with Crippen molar-refractivity contribution in [2.75, 3.05) is 0 Å². The maximum absolute atomic E-state index is 2.42. The van der Waals surface area contributed by atoms with Crippen LogP contribution in [0.1, 0.15) is 22.6 Å². The Morgan fingerprint density at radius 3 is 2.00 bits per heavy atom. The molecule has 0 saturated carbocycles. The van der Waals surface area contributed by atoms with Gasteiger partial charge < -0.3 is 0 Å². The van der Waals surface area contributed by atoms with E-state index in [1.807, 2.05) is 0 Å². The zero-order chi connectivity index (χ0) is 18.9.